The second-order valence-electron chi connectivity index (χ2n) is 6.80. The monoisotopic (exact) mass is 368 g/mol. The van der Waals surface area contributed by atoms with Gasteiger partial charge in [-0.1, -0.05) is 60.7 Å². The molecular weight excluding hydrogens is 348 g/mol. The summed E-state index contributed by atoms with van der Waals surface area (Å²) in [4.78, 5) is 24.0. The molecule has 138 valence electrons. The number of fused-ring (bicyclic) bond motifs is 1. The third-order valence-corrected chi connectivity index (χ3v) is 5.13. The summed E-state index contributed by atoms with van der Waals surface area (Å²) >= 11 is 0. The van der Waals surface area contributed by atoms with Crippen molar-refractivity contribution in [1.29, 1.82) is 0 Å². The van der Waals surface area contributed by atoms with Crippen LogP contribution in [-0.2, 0) is 11.2 Å². The van der Waals surface area contributed by atoms with E-state index in [1.54, 1.807) is 0 Å². The van der Waals surface area contributed by atoms with Crippen molar-refractivity contribution >= 4 is 17.2 Å². The molecule has 4 aromatic rings. The SMILES string of the molecule is Cc1c(C(=O)C(N)=O)c2ccccn2c1Cc1ccccc1-c1ccccc1. The summed E-state index contributed by atoms with van der Waals surface area (Å²) in [5.41, 5.74) is 11.6. The van der Waals surface area contributed by atoms with E-state index in [0.29, 0.717) is 17.5 Å². The largest absolute Gasteiger partial charge is 0.363 e. The molecule has 0 saturated heterocycles. The molecular formula is C24H20N2O2. The van der Waals surface area contributed by atoms with Crippen LogP contribution in [0.3, 0.4) is 0 Å². The van der Waals surface area contributed by atoms with Gasteiger partial charge >= 0.3 is 0 Å². The van der Waals surface area contributed by atoms with E-state index in [4.69, 9.17) is 5.73 Å². The summed E-state index contributed by atoms with van der Waals surface area (Å²) in [5, 5.41) is 0. The van der Waals surface area contributed by atoms with Gasteiger partial charge in [0.05, 0.1) is 11.1 Å². The number of amides is 1. The van der Waals surface area contributed by atoms with E-state index < -0.39 is 11.7 Å². The number of primary amides is 1. The van der Waals surface area contributed by atoms with E-state index in [1.165, 1.54) is 0 Å². The number of pyridine rings is 1. The van der Waals surface area contributed by atoms with Crippen molar-refractivity contribution in [3.63, 3.8) is 0 Å². The summed E-state index contributed by atoms with van der Waals surface area (Å²) in [6, 6.07) is 24.1. The van der Waals surface area contributed by atoms with Crippen molar-refractivity contribution < 1.29 is 9.59 Å². The molecule has 2 N–H and O–H groups in total. The Kier molecular flexibility index (Phi) is 4.53. The summed E-state index contributed by atoms with van der Waals surface area (Å²) in [7, 11) is 0. The zero-order valence-electron chi connectivity index (χ0n) is 15.6. The first kappa shape index (κ1) is 17.7. The number of Topliss-reactive ketones (excluding diaryl/α,β-unsaturated/α-hetero) is 1. The molecule has 0 atom stereocenters. The van der Waals surface area contributed by atoms with Crippen LogP contribution in [0.5, 0.6) is 0 Å². The highest BCUT2D eigenvalue weighted by Gasteiger charge is 2.24. The first-order valence-electron chi connectivity index (χ1n) is 9.14. The van der Waals surface area contributed by atoms with Gasteiger partial charge in [0, 0.05) is 18.3 Å². The highest BCUT2D eigenvalue weighted by Crippen LogP contribution is 2.30. The Hall–Kier alpha value is -3.66. The van der Waals surface area contributed by atoms with Gasteiger partial charge < -0.3 is 10.1 Å². The zero-order valence-corrected chi connectivity index (χ0v) is 15.6. The van der Waals surface area contributed by atoms with Gasteiger partial charge in [0.25, 0.3) is 11.7 Å². The van der Waals surface area contributed by atoms with Gasteiger partial charge in [-0.15, -0.1) is 0 Å². The summed E-state index contributed by atoms with van der Waals surface area (Å²) in [6.45, 7) is 1.88. The van der Waals surface area contributed by atoms with Crippen LogP contribution in [0.25, 0.3) is 16.6 Å². The first-order valence-corrected chi connectivity index (χ1v) is 9.14. The number of hydrogen-bond acceptors (Lipinski definition) is 2. The zero-order chi connectivity index (χ0) is 19.7. The Bertz CT molecular complexity index is 1190. The predicted octanol–water partition coefficient (Wildman–Crippen LogP) is 4.17. The molecule has 0 bridgehead atoms. The molecule has 0 aliphatic rings. The van der Waals surface area contributed by atoms with Gasteiger partial charge in [-0.2, -0.15) is 0 Å². The number of benzene rings is 2. The van der Waals surface area contributed by atoms with Gasteiger partial charge in [0.2, 0.25) is 0 Å². The van der Waals surface area contributed by atoms with Gasteiger partial charge in [0.1, 0.15) is 0 Å². The Labute approximate surface area is 163 Å². The van der Waals surface area contributed by atoms with E-state index in [9.17, 15) is 9.59 Å². The lowest BCUT2D eigenvalue weighted by Gasteiger charge is -2.11. The molecule has 1 amide bonds. The number of hydrogen-bond donors (Lipinski definition) is 1. The molecule has 2 aromatic heterocycles. The van der Waals surface area contributed by atoms with Gasteiger partial charge in [-0.25, -0.2) is 0 Å². The van der Waals surface area contributed by atoms with E-state index >= 15 is 0 Å². The molecule has 4 heteroatoms. The molecule has 0 radical (unpaired) electrons. The van der Waals surface area contributed by atoms with E-state index in [-0.39, 0.29) is 0 Å². The lowest BCUT2D eigenvalue weighted by Crippen LogP contribution is -2.23. The normalized spacial score (nSPS) is 10.9. The molecule has 2 heterocycles. The average Bonchev–Trinajstić information content (AvgIpc) is 3.00. The Morgan fingerprint density at radius 3 is 2.32 bits per heavy atom. The molecule has 0 spiro atoms. The average molecular weight is 368 g/mol. The minimum absolute atomic E-state index is 0.389. The number of ketones is 1. The van der Waals surface area contributed by atoms with Crippen LogP contribution in [0.2, 0.25) is 0 Å². The molecule has 0 fully saturated rings. The van der Waals surface area contributed by atoms with Crippen molar-refractivity contribution in [2.45, 2.75) is 13.3 Å². The van der Waals surface area contributed by atoms with Crippen molar-refractivity contribution in [2.75, 3.05) is 0 Å². The fourth-order valence-electron chi connectivity index (χ4n) is 3.78. The van der Waals surface area contributed by atoms with E-state index in [0.717, 1.165) is 27.9 Å². The van der Waals surface area contributed by atoms with Crippen LogP contribution in [0.4, 0.5) is 0 Å². The van der Waals surface area contributed by atoms with Gasteiger partial charge in [-0.3, -0.25) is 9.59 Å². The predicted molar refractivity (Wildman–Crippen MR) is 110 cm³/mol. The van der Waals surface area contributed by atoms with Crippen LogP contribution >= 0.6 is 0 Å². The quantitative estimate of drug-likeness (QED) is 0.424. The topological polar surface area (TPSA) is 64.6 Å². The van der Waals surface area contributed by atoms with Crippen LogP contribution in [0, 0.1) is 6.92 Å². The molecule has 0 aliphatic carbocycles. The third kappa shape index (κ3) is 2.99. The second-order valence-corrected chi connectivity index (χ2v) is 6.80. The first-order chi connectivity index (χ1) is 13.6. The maximum absolute atomic E-state index is 12.4. The highest BCUT2D eigenvalue weighted by molar-refractivity contribution is 6.44. The number of carbonyl (C=O) groups is 2. The van der Waals surface area contributed by atoms with Crippen molar-refractivity contribution in [3.8, 4) is 11.1 Å². The maximum Gasteiger partial charge on any atom is 0.289 e. The van der Waals surface area contributed by atoms with Crippen molar-refractivity contribution in [1.82, 2.24) is 4.40 Å². The summed E-state index contributed by atoms with van der Waals surface area (Å²) < 4.78 is 1.98. The molecule has 2 aromatic carbocycles. The number of carbonyl (C=O) groups excluding carboxylic acids is 2. The van der Waals surface area contributed by atoms with Crippen molar-refractivity contribution in [2.24, 2.45) is 5.73 Å². The van der Waals surface area contributed by atoms with Gasteiger partial charge in [-0.05, 0) is 41.3 Å². The van der Waals surface area contributed by atoms with Crippen LogP contribution in [0.15, 0.2) is 79.0 Å². The third-order valence-electron chi connectivity index (χ3n) is 5.13. The number of nitrogens with zero attached hydrogens (tertiary/aromatic N) is 1. The lowest BCUT2D eigenvalue weighted by molar-refractivity contribution is -0.114. The number of rotatable bonds is 5. The second kappa shape index (κ2) is 7.16. The van der Waals surface area contributed by atoms with Crippen molar-refractivity contribution in [3.05, 3.63) is 101 Å². The molecule has 28 heavy (non-hydrogen) atoms. The fourth-order valence-corrected chi connectivity index (χ4v) is 3.78. The summed E-state index contributed by atoms with van der Waals surface area (Å²) in [5.74, 6) is -1.58. The molecule has 0 unspecified atom stereocenters. The van der Waals surface area contributed by atoms with Crippen LogP contribution in [0.1, 0.15) is 27.2 Å². The fraction of sp³-hybridized carbons (Fsp3) is 0.0833. The standard InChI is InChI=1S/C24H20N2O2/c1-16-21(26-14-8-7-13-20(26)22(16)23(27)24(25)28)15-18-11-5-6-12-19(18)17-9-3-2-4-10-17/h2-14H,15H2,1H3,(H2,25,28). The number of aromatic nitrogens is 1. The minimum Gasteiger partial charge on any atom is -0.363 e. The maximum atomic E-state index is 12.4. The minimum atomic E-state index is -0.935. The number of nitrogens with two attached hydrogens (primary N) is 1. The summed E-state index contributed by atoms with van der Waals surface area (Å²) in [6.07, 6.45) is 2.55. The molecule has 0 aliphatic heterocycles. The Balaban J connectivity index is 1.88. The van der Waals surface area contributed by atoms with Crippen LogP contribution < -0.4 is 5.73 Å². The van der Waals surface area contributed by atoms with Crippen LogP contribution in [-0.4, -0.2) is 16.1 Å². The molecule has 0 saturated carbocycles. The Morgan fingerprint density at radius 1 is 0.893 bits per heavy atom. The Morgan fingerprint density at radius 2 is 1.57 bits per heavy atom. The highest BCUT2D eigenvalue weighted by atomic mass is 16.2. The van der Waals surface area contributed by atoms with Gasteiger partial charge in [0.15, 0.2) is 0 Å². The lowest BCUT2D eigenvalue weighted by atomic mass is 9.95. The molecule has 4 rings (SSSR count). The smallest absolute Gasteiger partial charge is 0.289 e. The molecule has 4 nitrogen and oxygen atoms in total. The van der Waals surface area contributed by atoms with E-state index in [2.05, 4.69) is 24.3 Å². The van der Waals surface area contributed by atoms with E-state index in [1.807, 2.05) is 66.1 Å².